The fourth-order valence-electron chi connectivity index (χ4n) is 2.55. The quantitative estimate of drug-likeness (QED) is 0.318. The molecule has 0 saturated heterocycles. The van der Waals surface area contributed by atoms with Crippen LogP contribution in [0.4, 0.5) is 5.69 Å². The Morgan fingerprint density at radius 2 is 2.10 bits per heavy atom. The van der Waals surface area contributed by atoms with Crippen molar-refractivity contribution in [2.75, 3.05) is 13.7 Å². The molecule has 0 aliphatic carbocycles. The van der Waals surface area contributed by atoms with Crippen molar-refractivity contribution in [2.24, 2.45) is 5.10 Å². The number of halogens is 1. The number of carbonyl (C=O) groups is 1. The van der Waals surface area contributed by atoms with E-state index in [0.717, 1.165) is 0 Å². The number of carbonyl (C=O) groups excluding carboxylic acids is 1. The summed E-state index contributed by atoms with van der Waals surface area (Å²) in [5.74, 6) is 0.510. The second kappa shape index (κ2) is 8.74. The van der Waals surface area contributed by atoms with Crippen LogP contribution in [0.25, 0.3) is 11.0 Å². The van der Waals surface area contributed by atoms with Gasteiger partial charge in [0, 0.05) is 27.6 Å². The number of nitro groups is 1. The highest BCUT2D eigenvalue weighted by Gasteiger charge is 2.15. The molecule has 10 heteroatoms. The zero-order valence-corrected chi connectivity index (χ0v) is 17.1. The molecule has 0 atom stereocenters. The summed E-state index contributed by atoms with van der Waals surface area (Å²) in [6.07, 6.45) is 1.44. The van der Waals surface area contributed by atoms with E-state index in [-0.39, 0.29) is 11.4 Å². The number of hydrogen-bond donors (Lipinski definition) is 1. The van der Waals surface area contributed by atoms with Gasteiger partial charge in [0.1, 0.15) is 5.58 Å². The highest BCUT2D eigenvalue weighted by Crippen LogP contribution is 2.33. The Morgan fingerprint density at radius 1 is 1.31 bits per heavy atom. The van der Waals surface area contributed by atoms with Crippen LogP contribution in [0.1, 0.15) is 23.0 Å². The number of ether oxygens (including phenoxy) is 2. The van der Waals surface area contributed by atoms with E-state index in [1.807, 2.05) is 6.92 Å². The molecule has 3 aromatic rings. The fraction of sp³-hybridized carbons (Fsp3) is 0.158. The van der Waals surface area contributed by atoms with Crippen LogP contribution in [0.15, 0.2) is 50.4 Å². The van der Waals surface area contributed by atoms with Gasteiger partial charge < -0.3 is 13.9 Å². The van der Waals surface area contributed by atoms with Crippen LogP contribution in [0.2, 0.25) is 0 Å². The molecular formula is C19H16BrN3O6. The average molecular weight is 462 g/mol. The van der Waals surface area contributed by atoms with E-state index in [4.69, 9.17) is 13.9 Å². The maximum atomic E-state index is 12.3. The third kappa shape index (κ3) is 4.54. The van der Waals surface area contributed by atoms with Crippen molar-refractivity contribution in [3.05, 3.63) is 62.3 Å². The first-order valence-electron chi connectivity index (χ1n) is 8.44. The number of benzene rings is 2. The van der Waals surface area contributed by atoms with Crippen LogP contribution in [0.3, 0.4) is 0 Å². The summed E-state index contributed by atoms with van der Waals surface area (Å²) in [6, 6.07) is 8.97. The number of nitrogens with zero attached hydrogens (tertiary/aromatic N) is 2. The molecule has 0 spiro atoms. The third-order valence-electron chi connectivity index (χ3n) is 3.89. The van der Waals surface area contributed by atoms with Crippen molar-refractivity contribution in [3.8, 4) is 11.5 Å². The normalized spacial score (nSPS) is 11.0. The van der Waals surface area contributed by atoms with Crippen LogP contribution < -0.4 is 14.9 Å². The topological polar surface area (TPSA) is 116 Å². The summed E-state index contributed by atoms with van der Waals surface area (Å²) in [5.41, 5.74) is 3.30. The number of nitrogens with one attached hydrogen (secondary N) is 1. The molecule has 3 rings (SSSR count). The molecule has 2 aromatic carbocycles. The zero-order valence-electron chi connectivity index (χ0n) is 15.5. The molecular weight excluding hydrogens is 446 g/mol. The van der Waals surface area contributed by atoms with Crippen LogP contribution in [0, 0.1) is 10.1 Å². The third-order valence-corrected chi connectivity index (χ3v) is 4.57. The van der Waals surface area contributed by atoms with Gasteiger partial charge in [-0.25, -0.2) is 5.43 Å². The molecule has 0 unspecified atom stereocenters. The van der Waals surface area contributed by atoms with Crippen LogP contribution in [-0.2, 0) is 0 Å². The van der Waals surface area contributed by atoms with Crippen molar-refractivity contribution in [3.63, 3.8) is 0 Å². The number of fused-ring (bicyclic) bond motifs is 1. The molecule has 0 bridgehead atoms. The fourth-order valence-corrected chi connectivity index (χ4v) is 2.97. The van der Waals surface area contributed by atoms with E-state index >= 15 is 0 Å². The van der Waals surface area contributed by atoms with Gasteiger partial charge in [-0.15, -0.1) is 0 Å². The number of rotatable bonds is 7. The standard InChI is InChI=1S/C19H16BrN3O6/c1-3-28-17-9-14(20)12(8-16(17)27-2)10-21-22-19(24)18-7-11-6-13(23(25)26)4-5-15(11)29-18/h4-10H,3H2,1-2H3,(H,22,24)/b21-10+. The second-order valence-electron chi connectivity index (χ2n) is 5.75. The van der Waals surface area contributed by atoms with Gasteiger partial charge in [0.25, 0.3) is 5.69 Å². The highest BCUT2D eigenvalue weighted by atomic mass is 79.9. The van der Waals surface area contributed by atoms with Crippen molar-refractivity contribution in [1.29, 1.82) is 0 Å². The summed E-state index contributed by atoms with van der Waals surface area (Å²) < 4.78 is 16.9. The van der Waals surface area contributed by atoms with Crippen LogP contribution in [0.5, 0.6) is 11.5 Å². The van der Waals surface area contributed by atoms with Gasteiger partial charge >= 0.3 is 5.91 Å². The maximum Gasteiger partial charge on any atom is 0.307 e. The van der Waals surface area contributed by atoms with E-state index in [0.29, 0.717) is 39.1 Å². The maximum absolute atomic E-state index is 12.3. The number of methoxy groups -OCH3 is 1. The summed E-state index contributed by atoms with van der Waals surface area (Å²) >= 11 is 3.42. The molecule has 0 fully saturated rings. The molecule has 9 nitrogen and oxygen atoms in total. The molecule has 0 aliphatic rings. The Kier molecular flexibility index (Phi) is 6.13. The van der Waals surface area contributed by atoms with Crippen molar-refractivity contribution in [1.82, 2.24) is 5.43 Å². The number of non-ortho nitro benzene ring substituents is 1. The minimum Gasteiger partial charge on any atom is -0.493 e. The summed E-state index contributed by atoms with van der Waals surface area (Å²) in [4.78, 5) is 22.6. The first kappa shape index (κ1) is 20.3. The van der Waals surface area contributed by atoms with E-state index in [1.165, 1.54) is 37.6 Å². The Hall–Kier alpha value is -3.40. The molecule has 150 valence electrons. The van der Waals surface area contributed by atoms with Crippen molar-refractivity contribution in [2.45, 2.75) is 6.92 Å². The van der Waals surface area contributed by atoms with Gasteiger partial charge in [-0.3, -0.25) is 14.9 Å². The van der Waals surface area contributed by atoms with Crippen molar-refractivity contribution < 1.29 is 23.6 Å². The largest absolute Gasteiger partial charge is 0.493 e. The Morgan fingerprint density at radius 3 is 2.79 bits per heavy atom. The Labute approximate surface area is 173 Å². The molecule has 1 N–H and O–H groups in total. The average Bonchev–Trinajstić information content (AvgIpc) is 3.13. The van der Waals surface area contributed by atoms with Gasteiger partial charge in [0.05, 0.1) is 24.9 Å². The lowest BCUT2D eigenvalue weighted by atomic mass is 10.2. The number of furan rings is 1. The van der Waals surface area contributed by atoms with Crippen molar-refractivity contribution >= 4 is 44.7 Å². The molecule has 1 heterocycles. The van der Waals surface area contributed by atoms with Crippen LogP contribution in [-0.4, -0.2) is 30.8 Å². The molecule has 0 radical (unpaired) electrons. The molecule has 0 aliphatic heterocycles. The molecule has 0 saturated carbocycles. The van der Waals surface area contributed by atoms with Gasteiger partial charge in [-0.2, -0.15) is 5.10 Å². The second-order valence-corrected chi connectivity index (χ2v) is 6.60. The first-order valence-corrected chi connectivity index (χ1v) is 9.24. The predicted octanol–water partition coefficient (Wildman–Crippen LogP) is 4.27. The lowest BCUT2D eigenvalue weighted by Crippen LogP contribution is -2.16. The monoisotopic (exact) mass is 461 g/mol. The summed E-state index contributed by atoms with van der Waals surface area (Å²) in [7, 11) is 1.53. The van der Waals surface area contributed by atoms with E-state index in [2.05, 4.69) is 26.5 Å². The van der Waals surface area contributed by atoms with E-state index in [9.17, 15) is 14.9 Å². The first-order chi connectivity index (χ1) is 13.9. The van der Waals surface area contributed by atoms with Gasteiger partial charge in [-0.05, 0) is 47.1 Å². The highest BCUT2D eigenvalue weighted by molar-refractivity contribution is 9.10. The SMILES string of the molecule is CCOc1cc(Br)c(/C=N/NC(=O)c2cc3cc([N+](=O)[O-])ccc3o2)cc1OC. The lowest BCUT2D eigenvalue weighted by molar-refractivity contribution is -0.384. The smallest absolute Gasteiger partial charge is 0.307 e. The molecule has 1 amide bonds. The minimum absolute atomic E-state index is 0.0130. The Bertz CT molecular complexity index is 1110. The molecule has 1 aromatic heterocycles. The number of hydrogen-bond acceptors (Lipinski definition) is 7. The predicted molar refractivity (Wildman–Crippen MR) is 110 cm³/mol. The summed E-state index contributed by atoms with van der Waals surface area (Å²) in [5, 5.41) is 15.2. The molecule has 29 heavy (non-hydrogen) atoms. The minimum atomic E-state index is -0.589. The summed E-state index contributed by atoms with van der Waals surface area (Å²) in [6.45, 7) is 2.36. The number of amides is 1. The van der Waals surface area contributed by atoms with E-state index in [1.54, 1.807) is 12.1 Å². The number of nitro benzene ring substituents is 1. The van der Waals surface area contributed by atoms with E-state index < -0.39 is 10.8 Å². The van der Waals surface area contributed by atoms with Gasteiger partial charge in [-0.1, -0.05) is 0 Å². The van der Waals surface area contributed by atoms with Crippen LogP contribution >= 0.6 is 15.9 Å². The zero-order chi connectivity index (χ0) is 21.0. The Balaban J connectivity index is 1.75. The van der Waals surface area contributed by atoms with Gasteiger partial charge in [0.15, 0.2) is 17.3 Å². The lowest BCUT2D eigenvalue weighted by Gasteiger charge is -2.11. The van der Waals surface area contributed by atoms with Gasteiger partial charge in [0.2, 0.25) is 0 Å². The number of hydrazone groups is 1.